The standard InChI is InChI=1S/C11H14N2O4/c1-6(12)10(15)13-9(11(16)17)7-2-4-8(14)5-3-7/h2-6,9,14H,12H2,1H3,(H,13,15)(H,16,17). The topological polar surface area (TPSA) is 113 Å². The summed E-state index contributed by atoms with van der Waals surface area (Å²) in [5.41, 5.74) is 5.71. The summed E-state index contributed by atoms with van der Waals surface area (Å²) in [4.78, 5) is 22.4. The number of nitrogens with one attached hydrogen (secondary N) is 1. The molecule has 0 bridgehead atoms. The molecular formula is C11H14N2O4. The van der Waals surface area contributed by atoms with Crippen molar-refractivity contribution in [3.05, 3.63) is 29.8 Å². The number of amides is 1. The van der Waals surface area contributed by atoms with E-state index in [4.69, 9.17) is 15.9 Å². The van der Waals surface area contributed by atoms with Crippen LogP contribution in [0.5, 0.6) is 5.75 Å². The first-order chi connectivity index (χ1) is 7.91. The van der Waals surface area contributed by atoms with Crippen molar-refractivity contribution in [1.29, 1.82) is 0 Å². The number of carbonyl (C=O) groups excluding carboxylic acids is 1. The maximum atomic E-state index is 11.3. The molecule has 5 N–H and O–H groups in total. The average Bonchev–Trinajstić information content (AvgIpc) is 2.26. The molecule has 0 fully saturated rings. The molecule has 6 heteroatoms. The zero-order valence-electron chi connectivity index (χ0n) is 9.25. The summed E-state index contributed by atoms with van der Waals surface area (Å²) in [7, 11) is 0. The third kappa shape index (κ3) is 3.46. The van der Waals surface area contributed by atoms with Crippen LogP contribution in [0.4, 0.5) is 0 Å². The SMILES string of the molecule is CC(N)C(=O)NC(C(=O)O)c1ccc(O)cc1. The minimum atomic E-state index is -1.19. The van der Waals surface area contributed by atoms with E-state index in [1.54, 1.807) is 0 Å². The smallest absolute Gasteiger partial charge is 0.330 e. The third-order valence-corrected chi connectivity index (χ3v) is 2.17. The first-order valence-electron chi connectivity index (χ1n) is 4.99. The second kappa shape index (κ2) is 5.31. The van der Waals surface area contributed by atoms with Crippen molar-refractivity contribution < 1.29 is 19.8 Å². The molecule has 2 unspecified atom stereocenters. The Balaban J connectivity index is 2.90. The Kier molecular flexibility index (Phi) is 4.06. The number of phenolic OH excluding ortho intramolecular Hbond substituents is 1. The summed E-state index contributed by atoms with van der Waals surface area (Å²) in [6.45, 7) is 1.46. The van der Waals surface area contributed by atoms with E-state index in [1.165, 1.54) is 31.2 Å². The average molecular weight is 238 g/mol. The van der Waals surface area contributed by atoms with Gasteiger partial charge in [-0.3, -0.25) is 4.79 Å². The first kappa shape index (κ1) is 13.0. The molecule has 92 valence electrons. The molecule has 0 saturated carbocycles. The molecule has 6 nitrogen and oxygen atoms in total. The van der Waals surface area contributed by atoms with E-state index in [-0.39, 0.29) is 5.75 Å². The van der Waals surface area contributed by atoms with Gasteiger partial charge in [-0.05, 0) is 24.6 Å². The van der Waals surface area contributed by atoms with Crippen molar-refractivity contribution in [2.45, 2.75) is 19.0 Å². The van der Waals surface area contributed by atoms with E-state index in [2.05, 4.69) is 5.32 Å². The van der Waals surface area contributed by atoms with Crippen LogP contribution in [0.1, 0.15) is 18.5 Å². The molecule has 17 heavy (non-hydrogen) atoms. The van der Waals surface area contributed by atoms with Crippen LogP contribution in [0.25, 0.3) is 0 Å². The number of carbonyl (C=O) groups is 2. The fourth-order valence-corrected chi connectivity index (χ4v) is 1.23. The molecule has 0 aromatic heterocycles. The quantitative estimate of drug-likeness (QED) is 0.589. The second-order valence-electron chi connectivity index (χ2n) is 3.66. The Bertz CT molecular complexity index is 414. The van der Waals surface area contributed by atoms with Crippen LogP contribution in [0.15, 0.2) is 24.3 Å². The van der Waals surface area contributed by atoms with Crippen LogP contribution in [0, 0.1) is 0 Å². The Morgan fingerprint density at radius 3 is 2.24 bits per heavy atom. The summed E-state index contributed by atoms with van der Waals surface area (Å²) < 4.78 is 0. The Hall–Kier alpha value is -2.08. The molecule has 0 aliphatic rings. The van der Waals surface area contributed by atoms with E-state index >= 15 is 0 Å². The number of benzene rings is 1. The van der Waals surface area contributed by atoms with Crippen molar-refractivity contribution >= 4 is 11.9 Å². The fraction of sp³-hybridized carbons (Fsp3) is 0.273. The van der Waals surface area contributed by atoms with Gasteiger partial charge in [-0.25, -0.2) is 4.79 Å². The zero-order valence-corrected chi connectivity index (χ0v) is 9.25. The highest BCUT2D eigenvalue weighted by molar-refractivity contribution is 5.87. The van der Waals surface area contributed by atoms with Gasteiger partial charge in [-0.2, -0.15) is 0 Å². The van der Waals surface area contributed by atoms with Crippen LogP contribution < -0.4 is 11.1 Å². The minimum absolute atomic E-state index is 0.0245. The van der Waals surface area contributed by atoms with Crippen LogP contribution in [0.2, 0.25) is 0 Å². The van der Waals surface area contributed by atoms with Gasteiger partial charge in [-0.15, -0.1) is 0 Å². The number of hydrogen-bond donors (Lipinski definition) is 4. The Morgan fingerprint density at radius 2 is 1.82 bits per heavy atom. The van der Waals surface area contributed by atoms with Crippen molar-refractivity contribution in [1.82, 2.24) is 5.32 Å². The van der Waals surface area contributed by atoms with Crippen molar-refractivity contribution in [2.24, 2.45) is 5.73 Å². The molecule has 0 spiro atoms. The molecule has 0 aliphatic carbocycles. The highest BCUT2D eigenvalue weighted by Crippen LogP contribution is 2.17. The Morgan fingerprint density at radius 1 is 1.29 bits per heavy atom. The summed E-state index contributed by atoms with van der Waals surface area (Å²) in [6, 6.07) is 3.60. The van der Waals surface area contributed by atoms with Gasteiger partial charge in [0.2, 0.25) is 5.91 Å². The molecule has 0 radical (unpaired) electrons. The van der Waals surface area contributed by atoms with Crippen LogP contribution in [-0.2, 0) is 9.59 Å². The highest BCUT2D eigenvalue weighted by atomic mass is 16.4. The molecule has 1 aromatic rings. The molecule has 0 aliphatic heterocycles. The van der Waals surface area contributed by atoms with Gasteiger partial charge in [-0.1, -0.05) is 12.1 Å². The van der Waals surface area contributed by atoms with Crippen molar-refractivity contribution in [2.75, 3.05) is 0 Å². The van der Waals surface area contributed by atoms with E-state index in [9.17, 15) is 9.59 Å². The lowest BCUT2D eigenvalue weighted by Gasteiger charge is -2.16. The van der Waals surface area contributed by atoms with Gasteiger partial charge in [0.1, 0.15) is 5.75 Å². The third-order valence-electron chi connectivity index (χ3n) is 2.17. The molecule has 1 rings (SSSR count). The molecule has 0 heterocycles. The van der Waals surface area contributed by atoms with E-state index in [1.807, 2.05) is 0 Å². The van der Waals surface area contributed by atoms with Crippen LogP contribution >= 0.6 is 0 Å². The normalized spacial score (nSPS) is 13.8. The van der Waals surface area contributed by atoms with Crippen molar-refractivity contribution in [3.63, 3.8) is 0 Å². The van der Waals surface area contributed by atoms with E-state index in [0.29, 0.717) is 5.56 Å². The maximum absolute atomic E-state index is 11.3. The predicted octanol–water partition coefficient (Wildman–Crippen LogP) is -0.0187. The monoisotopic (exact) mass is 238 g/mol. The van der Waals surface area contributed by atoms with Gasteiger partial charge < -0.3 is 21.3 Å². The highest BCUT2D eigenvalue weighted by Gasteiger charge is 2.23. The second-order valence-corrected chi connectivity index (χ2v) is 3.66. The van der Waals surface area contributed by atoms with Gasteiger partial charge in [0.25, 0.3) is 0 Å². The van der Waals surface area contributed by atoms with E-state index < -0.39 is 24.0 Å². The van der Waals surface area contributed by atoms with Crippen LogP contribution in [0.3, 0.4) is 0 Å². The summed E-state index contributed by atoms with van der Waals surface area (Å²) >= 11 is 0. The Labute approximate surface area is 98.1 Å². The largest absolute Gasteiger partial charge is 0.508 e. The number of rotatable bonds is 4. The number of nitrogens with two attached hydrogens (primary N) is 1. The summed E-state index contributed by atoms with van der Waals surface area (Å²) in [6.07, 6.45) is 0. The number of phenols is 1. The molecule has 0 saturated heterocycles. The number of hydrogen-bond acceptors (Lipinski definition) is 4. The fourth-order valence-electron chi connectivity index (χ4n) is 1.23. The predicted molar refractivity (Wildman–Crippen MR) is 60.3 cm³/mol. The van der Waals surface area contributed by atoms with Gasteiger partial charge >= 0.3 is 5.97 Å². The number of aromatic hydroxyl groups is 1. The van der Waals surface area contributed by atoms with Gasteiger partial charge in [0, 0.05) is 0 Å². The summed E-state index contributed by atoms with van der Waals surface area (Å²) in [5, 5.41) is 20.4. The van der Waals surface area contributed by atoms with Gasteiger partial charge in [0.05, 0.1) is 6.04 Å². The number of aliphatic carboxylic acids is 1. The lowest BCUT2D eigenvalue weighted by molar-refractivity contribution is -0.142. The number of carboxylic acid groups (broad SMARTS) is 1. The minimum Gasteiger partial charge on any atom is -0.508 e. The first-order valence-corrected chi connectivity index (χ1v) is 4.99. The van der Waals surface area contributed by atoms with Crippen LogP contribution in [-0.4, -0.2) is 28.1 Å². The molecule has 1 amide bonds. The van der Waals surface area contributed by atoms with E-state index in [0.717, 1.165) is 0 Å². The lowest BCUT2D eigenvalue weighted by Crippen LogP contribution is -2.42. The summed E-state index contributed by atoms with van der Waals surface area (Å²) in [5.74, 6) is -1.72. The number of carboxylic acids is 1. The molecular weight excluding hydrogens is 224 g/mol. The zero-order chi connectivity index (χ0) is 13.0. The maximum Gasteiger partial charge on any atom is 0.330 e. The van der Waals surface area contributed by atoms with Gasteiger partial charge in [0.15, 0.2) is 6.04 Å². The molecule has 2 atom stereocenters. The lowest BCUT2D eigenvalue weighted by atomic mass is 10.1. The molecule has 1 aromatic carbocycles. The van der Waals surface area contributed by atoms with Crippen molar-refractivity contribution in [3.8, 4) is 5.75 Å².